The maximum atomic E-state index is 12.9. The molecule has 0 spiro atoms. The number of hydrogen-bond acceptors (Lipinski definition) is 6. The Morgan fingerprint density at radius 3 is 2.63 bits per heavy atom. The molecule has 1 fully saturated rings. The minimum atomic E-state index is -3.50. The standard InChI is InChI=1S/C22H25N3O3S2/c1-16-9-10-17(2)19(13-16)15-29-22-24-23-21(28-22)18-7-6-8-20(14-18)30(26,27)25-11-4-3-5-12-25/h6-10,13-14H,3-5,11-12,15H2,1-2H3. The highest BCUT2D eigenvalue weighted by molar-refractivity contribution is 7.98. The lowest BCUT2D eigenvalue weighted by atomic mass is 10.1. The minimum absolute atomic E-state index is 0.268. The Balaban J connectivity index is 1.51. The molecule has 0 atom stereocenters. The van der Waals surface area contributed by atoms with Crippen LogP contribution in [0, 0.1) is 13.8 Å². The summed E-state index contributed by atoms with van der Waals surface area (Å²) in [5.74, 6) is 1.06. The SMILES string of the molecule is Cc1ccc(C)c(CSc2nnc(-c3cccc(S(=O)(=O)N4CCCCC4)c3)o2)c1. The molecule has 0 aliphatic carbocycles. The first-order valence-electron chi connectivity index (χ1n) is 10.1. The van der Waals surface area contributed by atoms with Gasteiger partial charge in [0.1, 0.15) is 0 Å². The summed E-state index contributed by atoms with van der Waals surface area (Å²) in [6.07, 6.45) is 2.89. The van der Waals surface area contributed by atoms with E-state index in [0.717, 1.165) is 25.0 Å². The molecule has 0 bridgehead atoms. The molecule has 1 aliphatic heterocycles. The molecule has 1 aromatic heterocycles. The summed E-state index contributed by atoms with van der Waals surface area (Å²) in [5, 5.41) is 8.72. The van der Waals surface area contributed by atoms with E-state index in [9.17, 15) is 8.42 Å². The zero-order valence-corrected chi connectivity index (χ0v) is 18.8. The van der Waals surface area contributed by atoms with Crippen LogP contribution in [-0.2, 0) is 15.8 Å². The van der Waals surface area contributed by atoms with Gasteiger partial charge < -0.3 is 4.42 Å². The second kappa shape index (κ2) is 8.91. The topological polar surface area (TPSA) is 76.3 Å². The Bertz CT molecular complexity index is 1140. The van der Waals surface area contributed by atoms with Gasteiger partial charge in [-0.05, 0) is 56.0 Å². The van der Waals surface area contributed by atoms with E-state index in [4.69, 9.17) is 4.42 Å². The Hall–Kier alpha value is -2.16. The van der Waals surface area contributed by atoms with Crippen LogP contribution < -0.4 is 0 Å². The smallest absolute Gasteiger partial charge is 0.277 e. The molecule has 0 saturated carbocycles. The average molecular weight is 444 g/mol. The van der Waals surface area contributed by atoms with E-state index in [1.165, 1.54) is 28.5 Å². The Labute approximate surface area is 181 Å². The van der Waals surface area contributed by atoms with E-state index in [1.54, 1.807) is 28.6 Å². The second-order valence-electron chi connectivity index (χ2n) is 7.58. The third kappa shape index (κ3) is 4.61. The molecule has 2 aromatic carbocycles. The van der Waals surface area contributed by atoms with Crippen molar-refractivity contribution in [1.29, 1.82) is 0 Å². The number of rotatable bonds is 6. The van der Waals surface area contributed by atoms with E-state index in [2.05, 4.69) is 42.2 Å². The zero-order chi connectivity index (χ0) is 21.1. The number of sulfonamides is 1. The van der Waals surface area contributed by atoms with Crippen molar-refractivity contribution in [3.8, 4) is 11.5 Å². The van der Waals surface area contributed by atoms with Crippen LogP contribution in [0.5, 0.6) is 0 Å². The molecule has 0 radical (unpaired) electrons. The van der Waals surface area contributed by atoms with Gasteiger partial charge in [-0.2, -0.15) is 4.31 Å². The van der Waals surface area contributed by atoms with Crippen molar-refractivity contribution in [3.63, 3.8) is 0 Å². The molecule has 2 heterocycles. The van der Waals surface area contributed by atoms with E-state index < -0.39 is 10.0 Å². The maximum absolute atomic E-state index is 12.9. The molecular formula is C22H25N3O3S2. The van der Waals surface area contributed by atoms with E-state index >= 15 is 0 Å². The number of thioether (sulfide) groups is 1. The third-order valence-corrected chi connectivity index (χ3v) is 8.06. The van der Waals surface area contributed by atoms with Crippen LogP contribution in [0.4, 0.5) is 0 Å². The fraction of sp³-hybridized carbons (Fsp3) is 0.364. The quantitative estimate of drug-likeness (QED) is 0.508. The zero-order valence-electron chi connectivity index (χ0n) is 17.2. The van der Waals surface area contributed by atoms with Gasteiger partial charge in [0.15, 0.2) is 0 Å². The first kappa shape index (κ1) is 21.1. The van der Waals surface area contributed by atoms with E-state index in [0.29, 0.717) is 29.8 Å². The molecule has 3 aromatic rings. The maximum Gasteiger partial charge on any atom is 0.277 e. The number of nitrogens with zero attached hydrogens (tertiary/aromatic N) is 3. The van der Waals surface area contributed by atoms with Crippen molar-refractivity contribution in [1.82, 2.24) is 14.5 Å². The number of hydrogen-bond donors (Lipinski definition) is 0. The van der Waals surface area contributed by atoms with Gasteiger partial charge in [0.2, 0.25) is 15.9 Å². The number of aryl methyl sites for hydroxylation is 2. The van der Waals surface area contributed by atoms with Gasteiger partial charge >= 0.3 is 0 Å². The first-order valence-corrected chi connectivity index (χ1v) is 12.5. The summed E-state index contributed by atoms with van der Waals surface area (Å²) in [5.41, 5.74) is 4.28. The molecule has 0 N–H and O–H groups in total. The largest absolute Gasteiger partial charge is 0.411 e. The summed E-state index contributed by atoms with van der Waals surface area (Å²) in [6.45, 7) is 5.31. The lowest BCUT2D eigenvalue weighted by Crippen LogP contribution is -2.35. The third-order valence-electron chi connectivity index (χ3n) is 5.30. The van der Waals surface area contributed by atoms with Gasteiger partial charge in [-0.15, -0.1) is 10.2 Å². The van der Waals surface area contributed by atoms with Crippen LogP contribution in [0.25, 0.3) is 11.5 Å². The molecule has 30 heavy (non-hydrogen) atoms. The van der Waals surface area contributed by atoms with Crippen LogP contribution in [0.1, 0.15) is 36.0 Å². The molecular weight excluding hydrogens is 418 g/mol. The predicted octanol–water partition coefficient (Wildman–Crippen LogP) is 4.82. The van der Waals surface area contributed by atoms with Crippen molar-refractivity contribution in [2.75, 3.05) is 13.1 Å². The van der Waals surface area contributed by atoms with Gasteiger partial charge in [-0.25, -0.2) is 8.42 Å². The number of benzene rings is 2. The van der Waals surface area contributed by atoms with Gasteiger partial charge in [0.05, 0.1) is 4.90 Å². The van der Waals surface area contributed by atoms with Gasteiger partial charge in [0.25, 0.3) is 5.22 Å². The Morgan fingerprint density at radius 1 is 1.03 bits per heavy atom. The van der Waals surface area contributed by atoms with Crippen molar-refractivity contribution >= 4 is 21.8 Å². The van der Waals surface area contributed by atoms with E-state index in [1.807, 2.05) is 0 Å². The normalized spacial score (nSPS) is 15.4. The Morgan fingerprint density at radius 2 is 1.83 bits per heavy atom. The Kier molecular flexibility index (Phi) is 6.26. The molecule has 4 rings (SSSR count). The van der Waals surface area contributed by atoms with Crippen molar-refractivity contribution in [2.24, 2.45) is 0 Å². The molecule has 0 unspecified atom stereocenters. The van der Waals surface area contributed by atoms with Crippen molar-refractivity contribution in [3.05, 3.63) is 59.2 Å². The van der Waals surface area contributed by atoms with Crippen molar-refractivity contribution in [2.45, 2.75) is 49.0 Å². The number of aromatic nitrogens is 2. The number of piperidine rings is 1. The molecule has 1 aliphatic rings. The summed E-state index contributed by atoms with van der Waals surface area (Å²) in [7, 11) is -3.50. The molecule has 1 saturated heterocycles. The highest BCUT2D eigenvalue weighted by atomic mass is 32.2. The van der Waals surface area contributed by atoms with Gasteiger partial charge in [0, 0.05) is 24.4 Å². The van der Waals surface area contributed by atoms with Gasteiger partial charge in [-0.3, -0.25) is 0 Å². The highest BCUT2D eigenvalue weighted by Crippen LogP contribution is 2.29. The predicted molar refractivity (Wildman–Crippen MR) is 118 cm³/mol. The summed E-state index contributed by atoms with van der Waals surface area (Å²) in [4.78, 5) is 0.268. The van der Waals surface area contributed by atoms with Crippen LogP contribution in [0.15, 0.2) is 57.0 Å². The highest BCUT2D eigenvalue weighted by Gasteiger charge is 2.26. The molecule has 158 valence electrons. The average Bonchev–Trinajstić information content (AvgIpc) is 3.24. The molecule has 0 amide bonds. The molecule has 8 heteroatoms. The van der Waals surface area contributed by atoms with Crippen molar-refractivity contribution < 1.29 is 12.8 Å². The summed E-state index contributed by atoms with van der Waals surface area (Å²) in [6, 6.07) is 13.1. The lowest BCUT2D eigenvalue weighted by Gasteiger charge is -2.25. The monoisotopic (exact) mass is 443 g/mol. The molecule has 6 nitrogen and oxygen atoms in total. The fourth-order valence-corrected chi connectivity index (χ4v) is 5.91. The van der Waals surface area contributed by atoms with Gasteiger partial charge in [-0.1, -0.05) is 48.0 Å². The van der Waals surface area contributed by atoms with Crippen LogP contribution in [-0.4, -0.2) is 36.0 Å². The van der Waals surface area contributed by atoms with Crippen LogP contribution in [0.2, 0.25) is 0 Å². The van der Waals surface area contributed by atoms with E-state index in [-0.39, 0.29) is 4.90 Å². The fourth-order valence-electron chi connectivity index (χ4n) is 3.52. The second-order valence-corrected chi connectivity index (χ2v) is 10.4. The summed E-state index contributed by atoms with van der Waals surface area (Å²) >= 11 is 1.48. The lowest BCUT2D eigenvalue weighted by molar-refractivity contribution is 0.346. The van der Waals surface area contributed by atoms with Crippen LogP contribution in [0.3, 0.4) is 0 Å². The van der Waals surface area contributed by atoms with Crippen LogP contribution >= 0.6 is 11.8 Å². The summed E-state index contributed by atoms with van der Waals surface area (Å²) < 4.78 is 33.3. The first-order chi connectivity index (χ1) is 14.4. The minimum Gasteiger partial charge on any atom is -0.411 e.